The van der Waals surface area contributed by atoms with Gasteiger partial charge in [-0.25, -0.2) is 0 Å². The van der Waals surface area contributed by atoms with Crippen LogP contribution in [0.3, 0.4) is 0 Å². The van der Waals surface area contributed by atoms with Crippen LogP contribution in [-0.2, 0) is 9.59 Å². The van der Waals surface area contributed by atoms with E-state index >= 15 is 0 Å². The first-order chi connectivity index (χ1) is 15.0. The van der Waals surface area contributed by atoms with E-state index in [2.05, 4.69) is 5.32 Å². The van der Waals surface area contributed by atoms with Crippen LogP contribution in [0.1, 0.15) is 53.9 Å². The Kier molecular flexibility index (Phi) is 6.28. The number of nitrogens with zero attached hydrogens (tertiary/aromatic N) is 1. The van der Waals surface area contributed by atoms with Crippen LogP contribution < -0.4 is 10.2 Å². The Morgan fingerprint density at radius 3 is 2.65 bits per heavy atom. The fraction of sp³-hybridized carbons (Fsp3) is 0.375. The van der Waals surface area contributed by atoms with Crippen molar-refractivity contribution in [2.45, 2.75) is 44.1 Å². The lowest BCUT2D eigenvalue weighted by atomic mass is 9.77. The molecule has 2 aromatic rings. The molecule has 31 heavy (non-hydrogen) atoms. The maximum Gasteiger partial charge on any atom is 0.303 e. The lowest BCUT2D eigenvalue weighted by molar-refractivity contribution is -0.138. The van der Waals surface area contributed by atoms with Crippen molar-refractivity contribution in [3.8, 4) is 0 Å². The van der Waals surface area contributed by atoms with Crippen molar-refractivity contribution in [3.05, 3.63) is 64.7 Å². The second kappa shape index (κ2) is 9.10. The average Bonchev–Trinajstić information content (AvgIpc) is 3.24. The number of amides is 2. The van der Waals surface area contributed by atoms with Crippen molar-refractivity contribution in [3.63, 3.8) is 0 Å². The molecule has 0 spiro atoms. The van der Waals surface area contributed by atoms with Crippen molar-refractivity contribution >= 4 is 35.1 Å². The number of halogens is 1. The van der Waals surface area contributed by atoms with Gasteiger partial charge in [0.15, 0.2) is 0 Å². The number of nitrogens with one attached hydrogen (secondary N) is 1. The van der Waals surface area contributed by atoms with Crippen LogP contribution in [-0.4, -0.2) is 35.5 Å². The van der Waals surface area contributed by atoms with Crippen LogP contribution in [0.2, 0.25) is 5.02 Å². The molecule has 1 fully saturated rings. The van der Waals surface area contributed by atoms with Crippen LogP contribution in [0.4, 0.5) is 5.69 Å². The minimum Gasteiger partial charge on any atom is -0.481 e. The molecule has 2 N–H and O–H groups in total. The van der Waals surface area contributed by atoms with E-state index in [1.165, 1.54) is 0 Å². The molecule has 1 aliphatic carbocycles. The van der Waals surface area contributed by atoms with Gasteiger partial charge in [-0.3, -0.25) is 14.4 Å². The number of anilines is 1. The molecule has 2 amide bonds. The first-order valence-electron chi connectivity index (χ1n) is 10.6. The third kappa shape index (κ3) is 4.44. The molecule has 162 valence electrons. The van der Waals surface area contributed by atoms with E-state index in [4.69, 9.17) is 16.7 Å². The SMILES string of the molecule is O=C(O)CCC(=O)NC[C@H]1c2ccccc2N(C(=O)c2cccc(Cl)c2)[C@@H]2CCC[C@@H]21. The van der Waals surface area contributed by atoms with Gasteiger partial charge in [-0.05, 0) is 48.6 Å². The standard InChI is InChI=1S/C24H25ClN2O4/c25-16-6-3-5-15(13-16)24(31)27-20-9-2-1-7-17(20)19(18-8-4-10-21(18)27)14-26-22(28)11-12-23(29)30/h1-3,5-7,9,13,18-19,21H,4,8,10-12,14H2,(H,26,28)(H,29,30)/t18-,19+,21-/m1/s1. The predicted octanol–water partition coefficient (Wildman–Crippen LogP) is 4.23. The van der Waals surface area contributed by atoms with Crippen LogP contribution in [0.15, 0.2) is 48.5 Å². The Morgan fingerprint density at radius 2 is 1.87 bits per heavy atom. The van der Waals surface area contributed by atoms with Gasteiger partial charge in [0, 0.05) is 41.2 Å². The Bertz CT molecular complexity index is 1010. The molecule has 0 unspecified atom stereocenters. The van der Waals surface area contributed by atoms with Crippen LogP contribution in [0.25, 0.3) is 0 Å². The number of hydrogen-bond donors (Lipinski definition) is 2. The number of carboxylic acids is 1. The van der Waals surface area contributed by atoms with Gasteiger partial charge in [0.2, 0.25) is 5.91 Å². The number of carbonyl (C=O) groups excluding carboxylic acids is 2. The van der Waals surface area contributed by atoms with Gasteiger partial charge >= 0.3 is 5.97 Å². The van der Waals surface area contributed by atoms with E-state index in [1.807, 2.05) is 29.2 Å². The maximum atomic E-state index is 13.5. The highest BCUT2D eigenvalue weighted by atomic mass is 35.5. The molecule has 1 heterocycles. The third-order valence-electron chi connectivity index (χ3n) is 6.35. The minimum absolute atomic E-state index is 0.0306. The van der Waals surface area contributed by atoms with Crippen LogP contribution in [0, 0.1) is 5.92 Å². The molecule has 7 heteroatoms. The fourth-order valence-electron chi connectivity index (χ4n) is 5.00. The Balaban J connectivity index is 1.62. The number of benzene rings is 2. The number of hydrogen-bond acceptors (Lipinski definition) is 3. The molecule has 3 atom stereocenters. The lowest BCUT2D eigenvalue weighted by Gasteiger charge is -2.44. The summed E-state index contributed by atoms with van der Waals surface area (Å²) >= 11 is 6.13. The zero-order valence-corrected chi connectivity index (χ0v) is 17.8. The number of para-hydroxylation sites is 1. The van der Waals surface area contributed by atoms with Crippen molar-refractivity contribution in [2.24, 2.45) is 5.92 Å². The fourth-order valence-corrected chi connectivity index (χ4v) is 5.19. The van der Waals surface area contributed by atoms with Gasteiger partial charge in [-0.1, -0.05) is 42.3 Å². The molecule has 2 aromatic carbocycles. The summed E-state index contributed by atoms with van der Waals surface area (Å²) in [5.41, 5.74) is 2.48. The van der Waals surface area contributed by atoms with E-state index in [9.17, 15) is 14.4 Å². The summed E-state index contributed by atoms with van der Waals surface area (Å²) < 4.78 is 0. The number of rotatable bonds is 6. The first-order valence-corrected chi connectivity index (χ1v) is 11.0. The zero-order chi connectivity index (χ0) is 22.0. The number of carboxylic acid groups (broad SMARTS) is 1. The van der Waals surface area contributed by atoms with Crippen LogP contribution >= 0.6 is 11.6 Å². The first kappa shape index (κ1) is 21.4. The summed E-state index contributed by atoms with van der Waals surface area (Å²) in [5.74, 6) is -0.981. The highest BCUT2D eigenvalue weighted by molar-refractivity contribution is 6.31. The molecule has 2 aliphatic rings. The summed E-state index contributed by atoms with van der Waals surface area (Å²) in [5, 5.41) is 12.2. The molecule has 6 nitrogen and oxygen atoms in total. The van der Waals surface area contributed by atoms with E-state index in [0.717, 1.165) is 30.5 Å². The molecule has 0 radical (unpaired) electrons. The van der Waals surface area contributed by atoms with Crippen molar-refractivity contribution < 1.29 is 19.5 Å². The summed E-state index contributed by atoms with van der Waals surface area (Å²) in [6, 6.07) is 15.0. The molecular weight excluding hydrogens is 416 g/mol. The number of aliphatic carboxylic acids is 1. The minimum atomic E-state index is -0.982. The van der Waals surface area contributed by atoms with Gasteiger partial charge in [-0.2, -0.15) is 0 Å². The molecule has 0 saturated heterocycles. The second-order valence-corrected chi connectivity index (χ2v) is 8.65. The normalized spacial score (nSPS) is 21.8. The second-order valence-electron chi connectivity index (χ2n) is 8.21. The topological polar surface area (TPSA) is 86.7 Å². The van der Waals surface area contributed by atoms with Crippen molar-refractivity contribution in [1.82, 2.24) is 5.32 Å². The van der Waals surface area contributed by atoms with Gasteiger partial charge in [0.05, 0.1) is 6.42 Å². The maximum absolute atomic E-state index is 13.5. The molecule has 1 aliphatic heterocycles. The molecule has 4 rings (SSSR count). The molecule has 0 bridgehead atoms. The highest BCUT2D eigenvalue weighted by Gasteiger charge is 2.45. The van der Waals surface area contributed by atoms with E-state index < -0.39 is 5.97 Å². The van der Waals surface area contributed by atoms with E-state index in [1.54, 1.807) is 24.3 Å². The van der Waals surface area contributed by atoms with E-state index in [0.29, 0.717) is 17.1 Å². The van der Waals surface area contributed by atoms with Crippen molar-refractivity contribution in [1.29, 1.82) is 0 Å². The molecular formula is C24H25ClN2O4. The predicted molar refractivity (Wildman–Crippen MR) is 118 cm³/mol. The molecule has 1 saturated carbocycles. The van der Waals surface area contributed by atoms with Gasteiger partial charge < -0.3 is 15.3 Å². The van der Waals surface area contributed by atoms with Gasteiger partial charge in [0.1, 0.15) is 0 Å². The monoisotopic (exact) mass is 440 g/mol. The largest absolute Gasteiger partial charge is 0.481 e. The van der Waals surface area contributed by atoms with Crippen molar-refractivity contribution in [2.75, 3.05) is 11.4 Å². The number of carbonyl (C=O) groups is 3. The summed E-state index contributed by atoms with van der Waals surface area (Å²) in [4.78, 5) is 38.3. The lowest BCUT2D eigenvalue weighted by Crippen LogP contribution is -2.49. The van der Waals surface area contributed by atoms with E-state index in [-0.39, 0.29) is 42.5 Å². The Morgan fingerprint density at radius 1 is 1.06 bits per heavy atom. The Labute approximate surface area is 186 Å². The smallest absolute Gasteiger partial charge is 0.303 e. The zero-order valence-electron chi connectivity index (χ0n) is 17.1. The number of fused-ring (bicyclic) bond motifs is 2. The van der Waals surface area contributed by atoms with Gasteiger partial charge in [0.25, 0.3) is 5.91 Å². The average molecular weight is 441 g/mol. The molecule has 0 aromatic heterocycles. The Hall–Kier alpha value is -2.86. The van der Waals surface area contributed by atoms with Gasteiger partial charge in [-0.15, -0.1) is 0 Å². The summed E-state index contributed by atoms with van der Waals surface area (Å²) in [6.07, 6.45) is 2.70. The van der Waals surface area contributed by atoms with Crippen LogP contribution in [0.5, 0.6) is 0 Å². The summed E-state index contributed by atoms with van der Waals surface area (Å²) in [7, 11) is 0. The third-order valence-corrected chi connectivity index (χ3v) is 6.59. The summed E-state index contributed by atoms with van der Waals surface area (Å²) in [6.45, 7) is 0.440. The highest BCUT2D eigenvalue weighted by Crippen LogP contribution is 2.49. The quantitative estimate of drug-likeness (QED) is 0.703.